The average Bonchev–Trinajstić information content (AvgIpc) is 3.34. The maximum atomic E-state index is 13.2. The molecule has 9 nitrogen and oxygen atoms in total. The predicted molar refractivity (Wildman–Crippen MR) is 111 cm³/mol. The van der Waals surface area contributed by atoms with Crippen LogP contribution in [-0.2, 0) is 22.4 Å². The van der Waals surface area contributed by atoms with Gasteiger partial charge in [-0.05, 0) is 18.4 Å². The number of aliphatic imine (C=N–C) groups is 1. The number of anilines is 1. The number of fused-ring (bicyclic) bond motifs is 3. The van der Waals surface area contributed by atoms with Crippen LogP contribution in [0, 0.1) is 0 Å². The summed E-state index contributed by atoms with van der Waals surface area (Å²) < 4.78 is 5.03. The third-order valence-corrected chi connectivity index (χ3v) is 5.33. The summed E-state index contributed by atoms with van der Waals surface area (Å²) in [6.07, 6.45) is 0.577. The number of aromatic nitrogens is 2. The van der Waals surface area contributed by atoms with E-state index in [4.69, 9.17) is 9.73 Å². The number of methoxy groups -OCH3 is 1. The second-order valence-electron chi connectivity index (χ2n) is 7.49. The lowest BCUT2D eigenvalue weighted by Crippen LogP contribution is -2.50. The number of ether oxygens (including phenoxy) is 1. The molecule has 4 rings (SSSR count). The number of imidazole rings is 1. The largest absolute Gasteiger partial charge is 0.479 e. The van der Waals surface area contributed by atoms with Crippen molar-refractivity contribution >= 4 is 23.7 Å². The molecule has 0 fully saturated rings. The molecule has 2 aliphatic heterocycles. The van der Waals surface area contributed by atoms with Gasteiger partial charge in [0.1, 0.15) is 11.5 Å². The molecule has 2 N–H and O–H groups in total. The number of carbonyl (C=O) groups is 2. The Morgan fingerprint density at radius 3 is 2.80 bits per heavy atom. The van der Waals surface area contributed by atoms with Crippen LogP contribution in [0.5, 0.6) is 0 Å². The maximum absolute atomic E-state index is 13.2. The molecule has 2 aromatic rings. The molecule has 0 saturated carbocycles. The summed E-state index contributed by atoms with van der Waals surface area (Å²) in [5, 5.41) is 9.28. The first-order valence-corrected chi connectivity index (χ1v) is 10.1. The fraction of sp³-hybridized carbons (Fsp3) is 0.429. The van der Waals surface area contributed by atoms with Gasteiger partial charge in [-0.1, -0.05) is 37.3 Å². The summed E-state index contributed by atoms with van der Waals surface area (Å²) >= 11 is 0. The number of amidine groups is 1. The smallest absolute Gasteiger partial charge is 0.333 e. The number of rotatable bonds is 8. The molecule has 9 heteroatoms. The van der Waals surface area contributed by atoms with E-state index in [2.05, 4.69) is 22.1 Å². The van der Waals surface area contributed by atoms with Crippen molar-refractivity contribution in [1.82, 2.24) is 14.9 Å². The second kappa shape index (κ2) is 8.27. The number of carboxylic acids is 1. The number of nitrogens with one attached hydrogen (secondary N) is 1. The van der Waals surface area contributed by atoms with Crippen molar-refractivity contribution in [3.63, 3.8) is 0 Å². The molecule has 0 radical (unpaired) electrons. The van der Waals surface area contributed by atoms with Crippen LogP contribution in [0.2, 0.25) is 0 Å². The van der Waals surface area contributed by atoms with Gasteiger partial charge in [0.15, 0.2) is 17.8 Å². The molecule has 158 valence electrons. The molecule has 2 atom stereocenters. The van der Waals surface area contributed by atoms with Gasteiger partial charge in [0.2, 0.25) is 0 Å². The zero-order valence-corrected chi connectivity index (χ0v) is 17.0. The number of benzene rings is 1. The standard InChI is InChI=1S/C21H25N5O4/c1-3-9-25-19-17(23-16(24-19)11-15(30-2)20(27)28)18-22-14(12-26(18)21(25)29)10-13-7-5-4-6-8-13/h4-8,14-15H,3,9-12H2,1-2H3,(H,23,24)(H,27,28)/t14-,15?/m1/s1. The first kappa shape index (κ1) is 20.1. The fourth-order valence-corrected chi connectivity index (χ4v) is 3.91. The minimum absolute atomic E-state index is 0.0433. The lowest BCUT2D eigenvalue weighted by molar-refractivity contribution is -0.148. The first-order valence-electron chi connectivity index (χ1n) is 10.1. The maximum Gasteiger partial charge on any atom is 0.333 e. The highest BCUT2D eigenvalue weighted by Crippen LogP contribution is 2.31. The lowest BCUT2D eigenvalue weighted by Gasteiger charge is -2.32. The monoisotopic (exact) mass is 411 g/mol. The second-order valence-corrected chi connectivity index (χ2v) is 7.49. The molecule has 0 saturated heterocycles. The Kier molecular flexibility index (Phi) is 5.54. The summed E-state index contributed by atoms with van der Waals surface area (Å²) in [6.45, 7) is 3.03. The number of amides is 2. The number of H-pyrrole nitrogens is 1. The highest BCUT2D eigenvalue weighted by molar-refractivity contribution is 6.18. The topological polar surface area (TPSA) is 111 Å². The van der Waals surface area contributed by atoms with Crippen LogP contribution < -0.4 is 4.90 Å². The molecule has 1 aromatic heterocycles. The average molecular weight is 411 g/mol. The Labute approximate surface area is 174 Å². The van der Waals surface area contributed by atoms with Crippen molar-refractivity contribution in [3.8, 4) is 0 Å². The quantitative estimate of drug-likeness (QED) is 0.691. The third kappa shape index (κ3) is 3.68. The Balaban J connectivity index is 1.66. The molecule has 2 amide bonds. The van der Waals surface area contributed by atoms with Crippen molar-refractivity contribution in [1.29, 1.82) is 0 Å². The third-order valence-electron chi connectivity index (χ3n) is 5.33. The number of aliphatic carboxylic acids is 1. The van der Waals surface area contributed by atoms with Crippen molar-refractivity contribution in [2.75, 3.05) is 25.1 Å². The summed E-state index contributed by atoms with van der Waals surface area (Å²) in [7, 11) is 1.35. The number of carboxylic acid groups (broad SMARTS) is 1. The molecular formula is C21H25N5O4. The minimum Gasteiger partial charge on any atom is -0.479 e. The van der Waals surface area contributed by atoms with E-state index in [1.807, 2.05) is 25.1 Å². The zero-order chi connectivity index (χ0) is 21.3. The van der Waals surface area contributed by atoms with Crippen molar-refractivity contribution in [3.05, 3.63) is 47.4 Å². The number of aromatic amines is 1. The number of nitrogens with zero attached hydrogens (tertiary/aromatic N) is 4. The van der Waals surface area contributed by atoms with E-state index in [1.165, 1.54) is 12.7 Å². The van der Waals surface area contributed by atoms with E-state index in [0.717, 1.165) is 12.8 Å². The molecule has 1 unspecified atom stereocenters. The van der Waals surface area contributed by atoms with E-state index in [-0.39, 0.29) is 18.5 Å². The van der Waals surface area contributed by atoms with E-state index >= 15 is 0 Å². The molecular weight excluding hydrogens is 386 g/mol. The summed E-state index contributed by atoms with van der Waals surface area (Å²) in [5.41, 5.74) is 1.83. The Bertz CT molecular complexity index is 971. The van der Waals surface area contributed by atoms with Crippen molar-refractivity contribution < 1.29 is 19.4 Å². The summed E-state index contributed by atoms with van der Waals surface area (Å²) in [5.74, 6) is 0.481. The van der Waals surface area contributed by atoms with Gasteiger partial charge in [0, 0.05) is 20.1 Å². The van der Waals surface area contributed by atoms with E-state index in [0.29, 0.717) is 36.3 Å². The van der Waals surface area contributed by atoms with E-state index < -0.39 is 12.1 Å². The number of urea groups is 1. The van der Waals surface area contributed by atoms with Gasteiger partial charge in [-0.3, -0.25) is 14.8 Å². The van der Waals surface area contributed by atoms with Gasteiger partial charge in [-0.25, -0.2) is 14.6 Å². The Morgan fingerprint density at radius 2 is 2.13 bits per heavy atom. The molecule has 30 heavy (non-hydrogen) atoms. The van der Waals surface area contributed by atoms with Crippen molar-refractivity contribution in [2.24, 2.45) is 4.99 Å². The molecule has 3 heterocycles. The van der Waals surface area contributed by atoms with Gasteiger partial charge < -0.3 is 14.8 Å². The molecule has 0 spiro atoms. The van der Waals surface area contributed by atoms with Gasteiger partial charge in [-0.2, -0.15) is 0 Å². The van der Waals surface area contributed by atoms with Crippen LogP contribution in [0.15, 0.2) is 35.3 Å². The summed E-state index contributed by atoms with van der Waals surface area (Å²) in [4.78, 5) is 40.4. The highest BCUT2D eigenvalue weighted by Gasteiger charge is 2.42. The zero-order valence-electron chi connectivity index (χ0n) is 17.0. The normalized spacial score (nSPS) is 18.8. The first-order chi connectivity index (χ1) is 14.5. The van der Waals surface area contributed by atoms with Gasteiger partial charge in [0.25, 0.3) is 0 Å². The molecule has 0 bridgehead atoms. The highest BCUT2D eigenvalue weighted by atomic mass is 16.5. The van der Waals surface area contributed by atoms with E-state index in [1.54, 1.807) is 9.80 Å². The van der Waals surface area contributed by atoms with Crippen LogP contribution in [-0.4, -0.2) is 70.2 Å². The molecule has 0 aliphatic carbocycles. The fourth-order valence-electron chi connectivity index (χ4n) is 3.91. The van der Waals surface area contributed by atoms with Crippen molar-refractivity contribution in [2.45, 2.75) is 38.3 Å². The number of hydrogen-bond donors (Lipinski definition) is 2. The van der Waals surface area contributed by atoms with Gasteiger partial charge >= 0.3 is 12.0 Å². The van der Waals surface area contributed by atoms with E-state index in [9.17, 15) is 14.7 Å². The van der Waals surface area contributed by atoms with Crippen LogP contribution in [0.4, 0.5) is 10.6 Å². The van der Waals surface area contributed by atoms with Crippen LogP contribution in [0.1, 0.15) is 30.4 Å². The van der Waals surface area contributed by atoms with Crippen LogP contribution in [0.25, 0.3) is 0 Å². The summed E-state index contributed by atoms with van der Waals surface area (Å²) in [6, 6.07) is 9.89. The van der Waals surface area contributed by atoms with Crippen LogP contribution >= 0.6 is 0 Å². The van der Waals surface area contributed by atoms with Gasteiger partial charge in [0.05, 0.1) is 12.6 Å². The minimum atomic E-state index is -1.06. The molecule has 1 aromatic carbocycles. The SMILES string of the molecule is CCCN1C(=O)N2C[C@@H](Cc3ccccc3)N=C2c2[nH]c(CC(OC)C(=O)O)nc21. The number of carbonyl (C=O) groups excluding carboxylic acids is 1. The molecule has 2 aliphatic rings. The Hall–Kier alpha value is -3.20. The van der Waals surface area contributed by atoms with Gasteiger partial charge in [-0.15, -0.1) is 0 Å². The predicted octanol–water partition coefficient (Wildman–Crippen LogP) is 2.08. The van der Waals surface area contributed by atoms with Crippen LogP contribution in [0.3, 0.4) is 0 Å². The lowest BCUT2D eigenvalue weighted by atomic mass is 10.1. The Morgan fingerprint density at radius 1 is 1.37 bits per heavy atom. The number of hydrogen-bond acceptors (Lipinski definition) is 5.